The molecule has 0 bridgehead atoms. The standard InChI is InChI=1S/C26H24N6O/c1-17-7-9-21(10-8-17)24-11-12-27-25-23(15-28-32(24)25)26(33)29-22-6-4-5-20(14-22)16-31-19(3)13-18(2)30-31/h4-15H,16H2,1-3H3,(H,29,33). The van der Waals surface area contributed by atoms with Gasteiger partial charge in [0.2, 0.25) is 0 Å². The average molecular weight is 437 g/mol. The van der Waals surface area contributed by atoms with Gasteiger partial charge in [0.1, 0.15) is 5.56 Å². The second-order valence-electron chi connectivity index (χ2n) is 8.23. The first kappa shape index (κ1) is 20.6. The van der Waals surface area contributed by atoms with Gasteiger partial charge < -0.3 is 5.32 Å². The first-order valence-corrected chi connectivity index (χ1v) is 10.8. The Kier molecular flexibility index (Phi) is 5.22. The van der Waals surface area contributed by atoms with E-state index in [2.05, 4.69) is 45.6 Å². The Bertz CT molecular complexity index is 1460. The van der Waals surface area contributed by atoms with Crippen LogP contribution in [0.2, 0.25) is 0 Å². The normalized spacial score (nSPS) is 11.1. The van der Waals surface area contributed by atoms with E-state index in [1.165, 1.54) is 5.56 Å². The van der Waals surface area contributed by atoms with Crippen molar-refractivity contribution in [3.05, 3.63) is 101 Å². The van der Waals surface area contributed by atoms with E-state index in [4.69, 9.17) is 0 Å². The Morgan fingerprint density at radius 2 is 1.82 bits per heavy atom. The lowest BCUT2D eigenvalue weighted by atomic mass is 10.1. The molecule has 3 heterocycles. The summed E-state index contributed by atoms with van der Waals surface area (Å²) in [5, 5.41) is 12.0. The molecule has 0 aliphatic heterocycles. The molecule has 0 radical (unpaired) electrons. The molecule has 1 amide bonds. The van der Waals surface area contributed by atoms with E-state index in [0.29, 0.717) is 23.4 Å². The predicted molar refractivity (Wildman–Crippen MR) is 128 cm³/mol. The quantitative estimate of drug-likeness (QED) is 0.429. The van der Waals surface area contributed by atoms with Crippen LogP contribution in [0.5, 0.6) is 0 Å². The van der Waals surface area contributed by atoms with Crippen molar-refractivity contribution in [2.45, 2.75) is 27.3 Å². The van der Waals surface area contributed by atoms with Crippen molar-refractivity contribution >= 4 is 17.2 Å². The first-order chi connectivity index (χ1) is 16.0. The number of rotatable bonds is 5. The number of carbonyl (C=O) groups excluding carboxylic acids is 1. The third-order valence-electron chi connectivity index (χ3n) is 5.61. The molecule has 7 nitrogen and oxygen atoms in total. The number of benzene rings is 2. The smallest absolute Gasteiger partial charge is 0.261 e. The Hall–Kier alpha value is -4.26. The van der Waals surface area contributed by atoms with Gasteiger partial charge in [0.05, 0.1) is 24.1 Å². The molecule has 3 aromatic heterocycles. The number of nitrogens with one attached hydrogen (secondary N) is 1. The van der Waals surface area contributed by atoms with E-state index < -0.39 is 0 Å². The van der Waals surface area contributed by atoms with Crippen molar-refractivity contribution in [1.82, 2.24) is 24.4 Å². The van der Waals surface area contributed by atoms with Gasteiger partial charge in [0, 0.05) is 23.1 Å². The zero-order chi connectivity index (χ0) is 22.9. The fourth-order valence-corrected chi connectivity index (χ4v) is 3.95. The van der Waals surface area contributed by atoms with E-state index in [1.54, 1.807) is 16.9 Å². The van der Waals surface area contributed by atoms with Crippen LogP contribution in [0.15, 0.2) is 73.1 Å². The van der Waals surface area contributed by atoms with E-state index >= 15 is 0 Å². The SMILES string of the molecule is Cc1ccc(-c2ccnc3c(C(=O)Nc4cccc(Cn5nc(C)cc5C)c4)cnn23)cc1. The zero-order valence-corrected chi connectivity index (χ0v) is 18.8. The number of amides is 1. The van der Waals surface area contributed by atoms with Gasteiger partial charge in [0.15, 0.2) is 5.65 Å². The molecular weight excluding hydrogens is 412 g/mol. The number of anilines is 1. The summed E-state index contributed by atoms with van der Waals surface area (Å²) < 4.78 is 3.66. The van der Waals surface area contributed by atoms with Crippen LogP contribution in [-0.4, -0.2) is 30.3 Å². The summed E-state index contributed by atoms with van der Waals surface area (Å²) in [5.74, 6) is -0.248. The topological polar surface area (TPSA) is 77.1 Å². The van der Waals surface area contributed by atoms with E-state index in [-0.39, 0.29) is 5.91 Å². The second kappa shape index (κ2) is 8.35. The number of hydrogen-bond donors (Lipinski definition) is 1. The Labute approximate surface area is 191 Å². The maximum absolute atomic E-state index is 13.1. The van der Waals surface area contributed by atoms with Crippen LogP contribution in [0.3, 0.4) is 0 Å². The van der Waals surface area contributed by atoms with Crippen molar-refractivity contribution in [3.8, 4) is 11.3 Å². The molecule has 33 heavy (non-hydrogen) atoms. The van der Waals surface area contributed by atoms with E-state index in [0.717, 1.165) is 28.2 Å². The largest absolute Gasteiger partial charge is 0.322 e. The summed E-state index contributed by atoms with van der Waals surface area (Å²) in [7, 11) is 0. The molecule has 0 aliphatic carbocycles. The summed E-state index contributed by atoms with van der Waals surface area (Å²) in [6, 6.07) is 19.9. The van der Waals surface area contributed by atoms with E-state index in [9.17, 15) is 4.79 Å². The van der Waals surface area contributed by atoms with Crippen LogP contribution in [0.25, 0.3) is 16.9 Å². The lowest BCUT2D eigenvalue weighted by molar-refractivity contribution is 0.102. The molecule has 1 N–H and O–H groups in total. The summed E-state index contributed by atoms with van der Waals surface area (Å²) in [6.07, 6.45) is 3.27. The Morgan fingerprint density at radius 1 is 1.00 bits per heavy atom. The molecule has 0 spiro atoms. The van der Waals surface area contributed by atoms with Crippen LogP contribution < -0.4 is 5.32 Å². The van der Waals surface area contributed by atoms with Gasteiger partial charge in [0.25, 0.3) is 5.91 Å². The molecular formula is C26H24N6O. The first-order valence-electron chi connectivity index (χ1n) is 10.8. The minimum absolute atomic E-state index is 0.248. The summed E-state index contributed by atoms with van der Waals surface area (Å²) in [4.78, 5) is 17.5. The van der Waals surface area contributed by atoms with Crippen LogP contribution in [0.4, 0.5) is 5.69 Å². The number of fused-ring (bicyclic) bond motifs is 1. The van der Waals surface area contributed by atoms with Crippen LogP contribution in [0, 0.1) is 20.8 Å². The highest BCUT2D eigenvalue weighted by Gasteiger charge is 2.16. The number of aryl methyl sites for hydroxylation is 3. The van der Waals surface area contributed by atoms with Gasteiger partial charge in [-0.1, -0.05) is 42.0 Å². The molecule has 0 saturated heterocycles. The summed E-state index contributed by atoms with van der Waals surface area (Å²) in [5.41, 5.74) is 7.88. The number of nitrogens with zero attached hydrogens (tertiary/aromatic N) is 5. The molecule has 0 fully saturated rings. The fraction of sp³-hybridized carbons (Fsp3) is 0.154. The Morgan fingerprint density at radius 3 is 2.58 bits per heavy atom. The lowest BCUT2D eigenvalue weighted by Gasteiger charge is -2.09. The molecule has 0 aliphatic rings. The van der Waals surface area contributed by atoms with Crippen LogP contribution in [-0.2, 0) is 6.54 Å². The molecule has 5 aromatic rings. The molecule has 0 unspecified atom stereocenters. The second-order valence-corrected chi connectivity index (χ2v) is 8.23. The van der Waals surface area contributed by atoms with Gasteiger partial charge in [-0.3, -0.25) is 9.48 Å². The molecule has 164 valence electrons. The minimum Gasteiger partial charge on any atom is -0.322 e. The van der Waals surface area contributed by atoms with Gasteiger partial charge in [-0.05, 0) is 50.6 Å². The van der Waals surface area contributed by atoms with Crippen molar-refractivity contribution in [2.75, 3.05) is 5.32 Å². The van der Waals surface area contributed by atoms with Crippen molar-refractivity contribution < 1.29 is 4.79 Å². The molecule has 7 heteroatoms. The van der Waals surface area contributed by atoms with Gasteiger partial charge in [-0.2, -0.15) is 10.2 Å². The van der Waals surface area contributed by atoms with Gasteiger partial charge in [-0.25, -0.2) is 9.50 Å². The summed E-state index contributed by atoms with van der Waals surface area (Å²) >= 11 is 0. The molecule has 0 saturated carbocycles. The Balaban J connectivity index is 1.40. The number of hydrogen-bond acceptors (Lipinski definition) is 4. The van der Waals surface area contributed by atoms with Crippen molar-refractivity contribution in [2.24, 2.45) is 0 Å². The molecule has 0 atom stereocenters. The number of aromatic nitrogens is 5. The zero-order valence-electron chi connectivity index (χ0n) is 18.8. The molecule has 5 rings (SSSR count). The van der Waals surface area contributed by atoms with E-state index in [1.807, 2.05) is 61.0 Å². The van der Waals surface area contributed by atoms with Crippen LogP contribution >= 0.6 is 0 Å². The monoisotopic (exact) mass is 436 g/mol. The highest BCUT2D eigenvalue weighted by atomic mass is 16.1. The highest BCUT2D eigenvalue weighted by Crippen LogP contribution is 2.22. The lowest BCUT2D eigenvalue weighted by Crippen LogP contribution is -2.12. The third-order valence-corrected chi connectivity index (χ3v) is 5.61. The maximum atomic E-state index is 13.1. The van der Waals surface area contributed by atoms with Crippen LogP contribution in [0.1, 0.15) is 32.9 Å². The average Bonchev–Trinajstić information content (AvgIpc) is 3.37. The fourth-order valence-electron chi connectivity index (χ4n) is 3.95. The van der Waals surface area contributed by atoms with Gasteiger partial charge >= 0.3 is 0 Å². The summed E-state index contributed by atoms with van der Waals surface area (Å²) in [6.45, 7) is 6.71. The maximum Gasteiger partial charge on any atom is 0.261 e. The molecule has 2 aromatic carbocycles. The van der Waals surface area contributed by atoms with Crippen molar-refractivity contribution in [3.63, 3.8) is 0 Å². The number of carbonyl (C=O) groups is 1. The van der Waals surface area contributed by atoms with Gasteiger partial charge in [-0.15, -0.1) is 0 Å². The highest BCUT2D eigenvalue weighted by molar-refractivity contribution is 6.08. The minimum atomic E-state index is -0.248. The van der Waals surface area contributed by atoms with Crippen molar-refractivity contribution in [1.29, 1.82) is 0 Å². The predicted octanol–water partition coefficient (Wildman–Crippen LogP) is 4.82. The third kappa shape index (κ3) is 4.13.